The molecule has 0 fully saturated rings. The van der Waals surface area contributed by atoms with Crippen LogP contribution in [0.2, 0.25) is 0 Å². The van der Waals surface area contributed by atoms with E-state index in [1.165, 1.54) is 0 Å². The number of aromatic hydroxyl groups is 2. The molecule has 0 saturated heterocycles. The van der Waals surface area contributed by atoms with Gasteiger partial charge in [-0.05, 0) is 29.3 Å². The highest BCUT2D eigenvalue weighted by molar-refractivity contribution is 5.97. The van der Waals surface area contributed by atoms with Crippen LogP contribution >= 0.6 is 0 Å². The number of rotatable bonds is 6. The number of carboxylic acid groups (broad SMARTS) is 4. The van der Waals surface area contributed by atoms with Gasteiger partial charge >= 0.3 is 23.9 Å². The molecular weight excluding hydrogens is 392 g/mol. The first-order valence-corrected chi connectivity index (χ1v) is 7.97. The first-order valence-electron chi connectivity index (χ1n) is 7.97. The summed E-state index contributed by atoms with van der Waals surface area (Å²) >= 11 is 0. The van der Waals surface area contributed by atoms with Crippen molar-refractivity contribution in [2.24, 2.45) is 5.92 Å². The Hall–Kier alpha value is -3.86. The van der Waals surface area contributed by atoms with E-state index in [1.807, 2.05) is 0 Å². The van der Waals surface area contributed by atoms with Gasteiger partial charge in [0.25, 0.3) is 0 Å². The highest BCUT2D eigenvalue weighted by Crippen LogP contribution is 2.50. The van der Waals surface area contributed by atoms with E-state index in [0.29, 0.717) is 12.2 Å². The van der Waals surface area contributed by atoms with Crippen molar-refractivity contribution in [2.75, 3.05) is 0 Å². The quantitative estimate of drug-likeness (QED) is 0.248. The summed E-state index contributed by atoms with van der Waals surface area (Å²) in [6.07, 6.45) is -0.155. The van der Waals surface area contributed by atoms with Crippen LogP contribution in [0.15, 0.2) is 41.5 Å². The summed E-state index contributed by atoms with van der Waals surface area (Å²) in [6.45, 7) is 0. The summed E-state index contributed by atoms with van der Waals surface area (Å²) in [5.41, 5.74) is -4.31. The van der Waals surface area contributed by atoms with Gasteiger partial charge < -0.3 is 35.7 Å². The van der Waals surface area contributed by atoms with Gasteiger partial charge in [-0.2, -0.15) is 0 Å². The van der Waals surface area contributed by atoms with Crippen LogP contribution in [-0.4, -0.2) is 65.2 Å². The van der Waals surface area contributed by atoms with Crippen molar-refractivity contribution in [3.05, 3.63) is 47.1 Å². The molecule has 0 radical (unpaired) electrons. The van der Waals surface area contributed by atoms with E-state index in [2.05, 4.69) is 0 Å². The molecule has 0 amide bonds. The van der Waals surface area contributed by atoms with Crippen LogP contribution in [0.3, 0.4) is 0 Å². The van der Waals surface area contributed by atoms with Crippen molar-refractivity contribution in [2.45, 2.75) is 17.9 Å². The van der Waals surface area contributed by atoms with Crippen LogP contribution in [0, 0.1) is 5.92 Å². The number of carbonyl (C=O) groups is 4. The molecule has 11 nitrogen and oxygen atoms in total. The van der Waals surface area contributed by atoms with Gasteiger partial charge in [0.1, 0.15) is 5.60 Å². The standard InChI is InChI=1S/C18H16O11/c19-10-2-1-7(3-11(10)20)15-14(17(27)28)9(16(25)26)4-8(5-12(21)22)18(15,29)6-13(23)24/h1-5,14-15,19-20,29H,6H2,(H,21,22)(H,23,24)(H,25,26)(H,27,28)/b8-5-/t14-,15+,18+/m1/s1. The fourth-order valence-corrected chi connectivity index (χ4v) is 3.43. The molecule has 1 aliphatic rings. The molecule has 1 aliphatic carbocycles. The third-order valence-electron chi connectivity index (χ3n) is 4.57. The number of carboxylic acids is 4. The Bertz CT molecular complexity index is 959. The number of aliphatic hydroxyl groups is 1. The van der Waals surface area contributed by atoms with Crippen molar-refractivity contribution in [1.82, 2.24) is 0 Å². The second-order valence-corrected chi connectivity index (χ2v) is 6.38. The molecule has 11 heteroatoms. The van der Waals surface area contributed by atoms with Gasteiger partial charge in [-0.25, -0.2) is 9.59 Å². The molecule has 154 valence electrons. The van der Waals surface area contributed by atoms with E-state index in [4.69, 9.17) is 5.11 Å². The molecule has 1 aromatic rings. The Morgan fingerprint density at radius 3 is 2.07 bits per heavy atom. The van der Waals surface area contributed by atoms with Gasteiger partial charge in [-0.15, -0.1) is 0 Å². The number of phenols is 2. The second-order valence-electron chi connectivity index (χ2n) is 6.38. The third kappa shape index (κ3) is 4.04. The maximum Gasteiger partial charge on any atom is 0.332 e. The molecule has 7 N–H and O–H groups in total. The summed E-state index contributed by atoms with van der Waals surface area (Å²) in [5, 5.41) is 67.8. The molecule has 0 aromatic heterocycles. The monoisotopic (exact) mass is 408 g/mol. The zero-order chi connectivity index (χ0) is 22.1. The Morgan fingerprint density at radius 2 is 1.62 bits per heavy atom. The largest absolute Gasteiger partial charge is 0.504 e. The van der Waals surface area contributed by atoms with Crippen LogP contribution < -0.4 is 0 Å². The van der Waals surface area contributed by atoms with Crippen LogP contribution in [0.1, 0.15) is 17.9 Å². The van der Waals surface area contributed by atoms with E-state index in [9.17, 15) is 49.8 Å². The maximum absolute atomic E-state index is 11.9. The van der Waals surface area contributed by atoms with E-state index in [-0.39, 0.29) is 5.56 Å². The molecule has 0 aliphatic heterocycles. The van der Waals surface area contributed by atoms with Gasteiger partial charge in [0, 0.05) is 12.0 Å². The zero-order valence-electron chi connectivity index (χ0n) is 14.5. The van der Waals surface area contributed by atoms with Gasteiger partial charge in [-0.1, -0.05) is 6.07 Å². The summed E-state index contributed by atoms with van der Waals surface area (Å²) in [7, 11) is 0. The van der Waals surface area contributed by atoms with Gasteiger partial charge in [0.05, 0.1) is 17.9 Å². The third-order valence-corrected chi connectivity index (χ3v) is 4.57. The molecule has 3 atom stereocenters. The summed E-state index contributed by atoms with van der Waals surface area (Å²) in [6, 6.07) is 2.84. The predicted molar refractivity (Wildman–Crippen MR) is 92.3 cm³/mol. The summed E-state index contributed by atoms with van der Waals surface area (Å²) < 4.78 is 0. The lowest BCUT2D eigenvalue weighted by Crippen LogP contribution is -2.49. The maximum atomic E-state index is 11.9. The van der Waals surface area contributed by atoms with Gasteiger partial charge in [0.15, 0.2) is 11.5 Å². The lowest BCUT2D eigenvalue weighted by molar-refractivity contribution is -0.150. The van der Waals surface area contributed by atoms with Gasteiger partial charge in [-0.3, -0.25) is 9.59 Å². The summed E-state index contributed by atoms with van der Waals surface area (Å²) in [5.74, 6) is -11.9. The van der Waals surface area contributed by atoms with Crippen molar-refractivity contribution in [1.29, 1.82) is 0 Å². The Kier molecular flexibility index (Phi) is 5.65. The number of benzene rings is 1. The Balaban J connectivity index is 2.93. The number of hydrogen-bond donors (Lipinski definition) is 7. The van der Waals surface area contributed by atoms with Crippen LogP contribution in [0.5, 0.6) is 11.5 Å². The number of hydrogen-bond acceptors (Lipinski definition) is 7. The highest BCUT2D eigenvalue weighted by atomic mass is 16.4. The minimum Gasteiger partial charge on any atom is -0.504 e. The van der Waals surface area contributed by atoms with Crippen LogP contribution in [0.25, 0.3) is 0 Å². The lowest BCUT2D eigenvalue weighted by Gasteiger charge is -2.43. The van der Waals surface area contributed by atoms with Crippen LogP contribution in [-0.2, 0) is 19.2 Å². The first-order chi connectivity index (χ1) is 13.4. The molecule has 0 saturated carbocycles. The fraction of sp³-hybridized carbons (Fsp3) is 0.222. The number of aliphatic carboxylic acids is 4. The van der Waals surface area contributed by atoms with E-state index in [0.717, 1.165) is 18.2 Å². The molecular formula is C18H16O11. The number of phenolic OH excluding ortho intramolecular Hbond substituents is 2. The van der Waals surface area contributed by atoms with Gasteiger partial charge in [0.2, 0.25) is 0 Å². The van der Waals surface area contributed by atoms with Crippen LogP contribution in [0.4, 0.5) is 0 Å². The molecule has 0 spiro atoms. The average molecular weight is 408 g/mol. The summed E-state index contributed by atoms with van der Waals surface area (Å²) in [4.78, 5) is 46.1. The second kappa shape index (κ2) is 7.64. The molecule has 0 unspecified atom stereocenters. The highest BCUT2D eigenvalue weighted by Gasteiger charge is 2.54. The molecule has 2 rings (SSSR count). The van der Waals surface area contributed by atoms with E-state index >= 15 is 0 Å². The van der Waals surface area contributed by atoms with Crippen molar-refractivity contribution in [3.8, 4) is 11.5 Å². The van der Waals surface area contributed by atoms with Crippen molar-refractivity contribution >= 4 is 23.9 Å². The van der Waals surface area contributed by atoms with Crippen molar-refractivity contribution in [3.63, 3.8) is 0 Å². The molecule has 29 heavy (non-hydrogen) atoms. The fourth-order valence-electron chi connectivity index (χ4n) is 3.43. The topological polar surface area (TPSA) is 210 Å². The van der Waals surface area contributed by atoms with Crippen molar-refractivity contribution < 1.29 is 54.9 Å². The Morgan fingerprint density at radius 1 is 1.00 bits per heavy atom. The Labute approximate surface area is 162 Å². The molecule has 0 heterocycles. The minimum absolute atomic E-state index is 0.223. The average Bonchev–Trinajstić information content (AvgIpc) is 2.57. The molecule has 1 aromatic carbocycles. The van der Waals surface area contributed by atoms with E-state index < -0.39 is 70.4 Å². The zero-order valence-corrected chi connectivity index (χ0v) is 14.5. The molecule has 0 bridgehead atoms. The van der Waals surface area contributed by atoms with E-state index in [1.54, 1.807) is 0 Å². The smallest absolute Gasteiger partial charge is 0.332 e. The first kappa shape index (κ1) is 21.4. The SMILES string of the molecule is O=C(O)/C=C1/C=C(C(=O)O)[C@@H](C(=O)O)[C@H](c2ccc(O)c(O)c2)[C@]1(O)CC(=O)O. The predicted octanol–water partition coefficient (Wildman–Crippen LogP) is 0.124. The lowest BCUT2D eigenvalue weighted by atomic mass is 9.62. The minimum atomic E-state index is -2.66. The normalized spacial score (nSPS) is 25.3.